The third-order valence-electron chi connectivity index (χ3n) is 3.87. The summed E-state index contributed by atoms with van der Waals surface area (Å²) in [5.74, 6) is 0.727. The lowest BCUT2D eigenvalue weighted by Gasteiger charge is -2.36. The lowest BCUT2D eigenvalue weighted by atomic mass is 9.81. The number of nitrogens with one attached hydrogen (secondary N) is 1. The average Bonchev–Trinajstić information content (AvgIpc) is 2.48. The van der Waals surface area contributed by atoms with Crippen LogP contribution < -0.4 is 10.1 Å². The molecule has 0 aromatic heterocycles. The zero-order chi connectivity index (χ0) is 14.4. The Kier molecular flexibility index (Phi) is 4.99. The molecular weight excluding hydrogens is 252 g/mol. The van der Waals surface area contributed by atoms with Gasteiger partial charge in [0, 0.05) is 12.0 Å². The number of nitrogens with zero attached hydrogens (tertiary/aromatic N) is 1. The fourth-order valence-electron chi connectivity index (χ4n) is 2.89. The number of nitriles is 1. The maximum absolute atomic E-state index is 9.45. The zero-order valence-corrected chi connectivity index (χ0v) is 11.9. The van der Waals surface area contributed by atoms with E-state index < -0.39 is 5.54 Å². The first kappa shape index (κ1) is 14.8. The van der Waals surface area contributed by atoms with Gasteiger partial charge in [-0.2, -0.15) is 5.26 Å². The Morgan fingerprint density at radius 3 is 3.00 bits per heavy atom. The maximum atomic E-state index is 9.45. The molecule has 0 heterocycles. The minimum absolute atomic E-state index is 0.0233. The smallest absolute Gasteiger partial charge is 0.125 e. The lowest BCUT2D eigenvalue weighted by Crippen LogP contribution is -2.49. The third-order valence-corrected chi connectivity index (χ3v) is 3.87. The van der Waals surface area contributed by atoms with Crippen molar-refractivity contribution in [3.8, 4) is 11.8 Å². The quantitative estimate of drug-likeness (QED) is 0.865. The molecule has 2 unspecified atom stereocenters. The van der Waals surface area contributed by atoms with Crippen LogP contribution in [0.5, 0.6) is 5.75 Å². The van der Waals surface area contributed by atoms with E-state index in [0.29, 0.717) is 6.42 Å². The van der Waals surface area contributed by atoms with E-state index in [1.165, 1.54) is 0 Å². The molecule has 20 heavy (non-hydrogen) atoms. The van der Waals surface area contributed by atoms with E-state index in [4.69, 9.17) is 4.74 Å². The van der Waals surface area contributed by atoms with Crippen LogP contribution in [0, 0.1) is 11.3 Å². The summed E-state index contributed by atoms with van der Waals surface area (Å²) in [6.07, 6.45) is 3.52. The maximum Gasteiger partial charge on any atom is 0.125 e. The zero-order valence-electron chi connectivity index (χ0n) is 11.9. The fraction of sp³-hybridized carbons (Fsp3) is 0.562. The van der Waals surface area contributed by atoms with Gasteiger partial charge in [-0.05, 0) is 31.9 Å². The van der Waals surface area contributed by atoms with Gasteiger partial charge in [0.05, 0.1) is 12.7 Å². The SMILES string of the molecule is CCNC1(C#N)CCCC(Oc2ccccc2CO)C1. The van der Waals surface area contributed by atoms with E-state index in [-0.39, 0.29) is 12.7 Å². The predicted octanol–water partition coefficient (Wildman–Crippen LogP) is 2.37. The summed E-state index contributed by atoms with van der Waals surface area (Å²) in [4.78, 5) is 0. The summed E-state index contributed by atoms with van der Waals surface area (Å²) >= 11 is 0. The molecule has 4 heteroatoms. The summed E-state index contributed by atoms with van der Waals surface area (Å²) in [7, 11) is 0. The molecule has 1 fully saturated rings. The largest absolute Gasteiger partial charge is 0.490 e. The molecule has 0 radical (unpaired) electrons. The van der Waals surface area contributed by atoms with Gasteiger partial charge >= 0.3 is 0 Å². The molecule has 1 saturated carbocycles. The Balaban J connectivity index is 2.08. The summed E-state index contributed by atoms with van der Waals surface area (Å²) in [6.45, 7) is 2.78. The van der Waals surface area contributed by atoms with Crippen molar-refractivity contribution in [2.45, 2.75) is 50.9 Å². The predicted molar refractivity (Wildman–Crippen MR) is 77.3 cm³/mol. The van der Waals surface area contributed by atoms with E-state index >= 15 is 0 Å². The molecule has 0 aliphatic heterocycles. The normalized spacial score (nSPS) is 25.9. The first-order valence-corrected chi connectivity index (χ1v) is 7.24. The van der Waals surface area contributed by atoms with Gasteiger partial charge in [-0.1, -0.05) is 25.1 Å². The van der Waals surface area contributed by atoms with Crippen LogP contribution in [0.25, 0.3) is 0 Å². The third kappa shape index (κ3) is 3.30. The Hall–Kier alpha value is -1.57. The average molecular weight is 274 g/mol. The first-order valence-electron chi connectivity index (χ1n) is 7.24. The second kappa shape index (κ2) is 6.74. The van der Waals surface area contributed by atoms with Crippen LogP contribution in [0.3, 0.4) is 0 Å². The number of hydrogen-bond donors (Lipinski definition) is 2. The topological polar surface area (TPSA) is 65.3 Å². The first-order chi connectivity index (χ1) is 9.73. The molecule has 2 rings (SSSR count). The summed E-state index contributed by atoms with van der Waals surface area (Å²) in [5.41, 5.74) is 0.329. The van der Waals surface area contributed by atoms with Crippen LogP contribution in [-0.2, 0) is 6.61 Å². The molecule has 1 aliphatic rings. The molecule has 0 amide bonds. The van der Waals surface area contributed by atoms with E-state index in [9.17, 15) is 10.4 Å². The van der Waals surface area contributed by atoms with Crippen molar-refractivity contribution in [3.63, 3.8) is 0 Å². The number of aliphatic hydroxyl groups is 1. The molecule has 1 aliphatic carbocycles. The molecular formula is C16H22N2O2. The summed E-state index contributed by atoms with van der Waals surface area (Å²) in [6, 6.07) is 9.95. The van der Waals surface area contributed by atoms with Crippen molar-refractivity contribution < 1.29 is 9.84 Å². The van der Waals surface area contributed by atoms with Crippen molar-refractivity contribution >= 4 is 0 Å². The Labute approximate surface area is 120 Å². The van der Waals surface area contributed by atoms with Crippen molar-refractivity contribution in [2.75, 3.05) is 6.54 Å². The number of para-hydroxylation sites is 1. The van der Waals surface area contributed by atoms with Gasteiger partial charge in [0.15, 0.2) is 0 Å². The van der Waals surface area contributed by atoms with E-state index in [1.54, 1.807) is 0 Å². The van der Waals surface area contributed by atoms with Crippen molar-refractivity contribution in [2.24, 2.45) is 0 Å². The fourth-order valence-corrected chi connectivity index (χ4v) is 2.89. The Morgan fingerprint density at radius 1 is 1.50 bits per heavy atom. The van der Waals surface area contributed by atoms with Gasteiger partial charge in [0.1, 0.15) is 17.4 Å². The molecule has 0 bridgehead atoms. The van der Waals surface area contributed by atoms with E-state index in [1.807, 2.05) is 31.2 Å². The Morgan fingerprint density at radius 2 is 2.30 bits per heavy atom. The monoisotopic (exact) mass is 274 g/mol. The minimum Gasteiger partial charge on any atom is -0.490 e. The molecule has 0 saturated heterocycles. The highest BCUT2D eigenvalue weighted by Crippen LogP contribution is 2.31. The Bertz CT molecular complexity index is 480. The van der Waals surface area contributed by atoms with Crippen molar-refractivity contribution in [3.05, 3.63) is 29.8 Å². The standard InChI is InChI=1S/C16H22N2O2/c1-2-18-16(12-17)9-5-7-14(10-16)20-15-8-4-3-6-13(15)11-19/h3-4,6,8,14,18-19H,2,5,7,9-11H2,1H3. The van der Waals surface area contributed by atoms with Gasteiger partial charge in [-0.25, -0.2) is 0 Å². The number of rotatable bonds is 5. The van der Waals surface area contributed by atoms with Crippen LogP contribution in [0.2, 0.25) is 0 Å². The number of hydrogen-bond acceptors (Lipinski definition) is 4. The highest BCUT2D eigenvalue weighted by molar-refractivity contribution is 5.33. The highest BCUT2D eigenvalue weighted by Gasteiger charge is 2.36. The van der Waals surface area contributed by atoms with Gasteiger partial charge in [-0.15, -0.1) is 0 Å². The molecule has 4 nitrogen and oxygen atoms in total. The highest BCUT2D eigenvalue weighted by atomic mass is 16.5. The van der Waals surface area contributed by atoms with E-state index in [0.717, 1.165) is 37.1 Å². The second-order valence-corrected chi connectivity index (χ2v) is 5.33. The van der Waals surface area contributed by atoms with E-state index in [2.05, 4.69) is 11.4 Å². The van der Waals surface area contributed by atoms with Crippen molar-refractivity contribution in [1.29, 1.82) is 5.26 Å². The summed E-state index contributed by atoms with van der Waals surface area (Å²) in [5, 5.41) is 22.1. The van der Waals surface area contributed by atoms with Gasteiger partial charge in [-0.3, -0.25) is 5.32 Å². The minimum atomic E-state index is -0.466. The molecule has 1 aromatic rings. The summed E-state index contributed by atoms with van der Waals surface area (Å²) < 4.78 is 6.03. The molecule has 0 spiro atoms. The number of aliphatic hydroxyl groups excluding tert-OH is 1. The molecule has 1 aromatic carbocycles. The van der Waals surface area contributed by atoms with Crippen LogP contribution in [0.15, 0.2) is 24.3 Å². The molecule has 108 valence electrons. The van der Waals surface area contributed by atoms with Crippen LogP contribution in [0.1, 0.15) is 38.2 Å². The van der Waals surface area contributed by atoms with Gasteiger partial charge in [0.25, 0.3) is 0 Å². The number of benzene rings is 1. The van der Waals surface area contributed by atoms with Gasteiger partial charge in [0.2, 0.25) is 0 Å². The van der Waals surface area contributed by atoms with Crippen LogP contribution in [-0.4, -0.2) is 23.3 Å². The van der Waals surface area contributed by atoms with Crippen LogP contribution >= 0.6 is 0 Å². The molecule has 2 N–H and O–H groups in total. The van der Waals surface area contributed by atoms with Crippen LogP contribution in [0.4, 0.5) is 0 Å². The second-order valence-electron chi connectivity index (χ2n) is 5.33. The lowest BCUT2D eigenvalue weighted by molar-refractivity contribution is 0.110. The van der Waals surface area contributed by atoms with Crippen molar-refractivity contribution in [1.82, 2.24) is 5.32 Å². The number of ether oxygens (including phenoxy) is 1. The molecule has 2 atom stereocenters. The van der Waals surface area contributed by atoms with Gasteiger partial charge < -0.3 is 9.84 Å².